The molecule has 0 fully saturated rings. The van der Waals surface area contributed by atoms with Gasteiger partial charge in [0.15, 0.2) is 4.77 Å². The molecule has 3 aromatic heterocycles. The molecule has 0 saturated heterocycles. The molecule has 0 radical (unpaired) electrons. The Balaban J connectivity index is 1.86. The highest BCUT2D eigenvalue weighted by atomic mass is 32.1. The van der Waals surface area contributed by atoms with E-state index in [1.165, 1.54) is 10.4 Å². The number of aromatic nitrogens is 4. The van der Waals surface area contributed by atoms with Crippen molar-refractivity contribution in [3.05, 3.63) is 43.0 Å². The van der Waals surface area contributed by atoms with Gasteiger partial charge in [0.1, 0.15) is 4.83 Å². The lowest BCUT2D eigenvalue weighted by atomic mass is 9.89. The zero-order valence-electron chi connectivity index (χ0n) is 14.8. The van der Waals surface area contributed by atoms with Crippen LogP contribution in [0.15, 0.2) is 11.0 Å². The van der Waals surface area contributed by atoms with Crippen LogP contribution in [0, 0.1) is 17.6 Å². The predicted molar refractivity (Wildman–Crippen MR) is 104 cm³/mol. The molecule has 5 nitrogen and oxygen atoms in total. The summed E-state index contributed by atoms with van der Waals surface area (Å²) in [7, 11) is 0. The average Bonchev–Trinajstić information content (AvgIpc) is 3.10. The van der Waals surface area contributed by atoms with Crippen LogP contribution in [0.25, 0.3) is 10.2 Å². The maximum absolute atomic E-state index is 13.2. The van der Waals surface area contributed by atoms with Gasteiger partial charge in [0.25, 0.3) is 5.56 Å². The van der Waals surface area contributed by atoms with Gasteiger partial charge in [-0.1, -0.05) is 6.92 Å². The first-order chi connectivity index (χ1) is 12.0. The number of fused-ring (bicyclic) bond motifs is 3. The second-order valence-electron chi connectivity index (χ2n) is 6.97. The topological polar surface area (TPSA) is 55.6 Å². The van der Waals surface area contributed by atoms with E-state index in [1.807, 2.05) is 17.8 Å². The Morgan fingerprint density at radius 3 is 3.00 bits per heavy atom. The summed E-state index contributed by atoms with van der Waals surface area (Å²) in [6, 6.07) is 0. The number of aryl methyl sites for hydroxylation is 3. The SMILES string of the molecule is CCn1cc(Cn2c(=S)[nH]c3sc4c(c3c2=O)CC[C@@H](C)C4)c(C)n1. The van der Waals surface area contributed by atoms with Gasteiger partial charge >= 0.3 is 0 Å². The fraction of sp³-hybridized carbons (Fsp3) is 0.500. The minimum Gasteiger partial charge on any atom is -0.323 e. The van der Waals surface area contributed by atoms with Crippen LogP contribution >= 0.6 is 23.6 Å². The molecule has 3 aromatic rings. The molecule has 3 heterocycles. The summed E-state index contributed by atoms with van der Waals surface area (Å²) < 4.78 is 4.08. The van der Waals surface area contributed by atoms with Crippen LogP contribution < -0.4 is 5.56 Å². The van der Waals surface area contributed by atoms with Crippen molar-refractivity contribution in [2.75, 3.05) is 0 Å². The van der Waals surface area contributed by atoms with E-state index < -0.39 is 0 Å². The van der Waals surface area contributed by atoms with E-state index in [1.54, 1.807) is 15.9 Å². The first-order valence-electron chi connectivity index (χ1n) is 8.78. The number of rotatable bonds is 3. The molecule has 132 valence electrons. The number of H-pyrrole nitrogens is 1. The van der Waals surface area contributed by atoms with Crippen LogP contribution in [-0.4, -0.2) is 19.3 Å². The lowest BCUT2D eigenvalue weighted by molar-refractivity contribution is 0.509. The smallest absolute Gasteiger partial charge is 0.263 e. The zero-order chi connectivity index (χ0) is 17.7. The Labute approximate surface area is 155 Å². The van der Waals surface area contributed by atoms with Crippen molar-refractivity contribution < 1.29 is 0 Å². The first-order valence-corrected chi connectivity index (χ1v) is 10.0. The highest BCUT2D eigenvalue weighted by Crippen LogP contribution is 2.35. The molecule has 0 saturated carbocycles. The van der Waals surface area contributed by atoms with Crippen molar-refractivity contribution in [2.24, 2.45) is 5.92 Å². The molecule has 1 aliphatic rings. The molecule has 0 bridgehead atoms. The second-order valence-corrected chi connectivity index (χ2v) is 8.46. The van der Waals surface area contributed by atoms with Crippen LogP contribution in [0.2, 0.25) is 0 Å². The van der Waals surface area contributed by atoms with Gasteiger partial charge in [-0.2, -0.15) is 5.10 Å². The maximum atomic E-state index is 13.2. The van der Waals surface area contributed by atoms with Gasteiger partial charge < -0.3 is 4.98 Å². The summed E-state index contributed by atoms with van der Waals surface area (Å²) in [6.07, 6.45) is 5.21. The third-order valence-corrected chi connectivity index (χ3v) is 6.63. The van der Waals surface area contributed by atoms with Gasteiger partial charge in [0.05, 0.1) is 17.6 Å². The van der Waals surface area contributed by atoms with E-state index in [2.05, 4.69) is 23.9 Å². The number of aromatic amines is 1. The quantitative estimate of drug-likeness (QED) is 0.709. The first kappa shape index (κ1) is 16.7. The largest absolute Gasteiger partial charge is 0.323 e. The second kappa shape index (κ2) is 6.21. The number of nitrogens with zero attached hydrogens (tertiary/aromatic N) is 3. The predicted octanol–water partition coefficient (Wildman–Crippen LogP) is 3.82. The summed E-state index contributed by atoms with van der Waals surface area (Å²) in [6.45, 7) is 7.60. The summed E-state index contributed by atoms with van der Waals surface area (Å²) in [5.41, 5.74) is 3.27. The molecule has 1 N–H and O–H groups in total. The van der Waals surface area contributed by atoms with Gasteiger partial charge in [-0.25, -0.2) is 0 Å². The third kappa shape index (κ3) is 2.79. The lowest BCUT2D eigenvalue weighted by Crippen LogP contribution is -2.23. The van der Waals surface area contributed by atoms with Crippen LogP contribution in [-0.2, 0) is 25.9 Å². The number of nitrogens with one attached hydrogen (secondary N) is 1. The van der Waals surface area contributed by atoms with Gasteiger partial charge in [0, 0.05) is 23.2 Å². The van der Waals surface area contributed by atoms with Gasteiger partial charge in [-0.3, -0.25) is 14.0 Å². The molecule has 0 spiro atoms. The van der Waals surface area contributed by atoms with Crippen LogP contribution in [0.1, 0.15) is 42.0 Å². The molecule has 1 aliphatic carbocycles. The minimum absolute atomic E-state index is 0.0365. The fourth-order valence-electron chi connectivity index (χ4n) is 3.65. The van der Waals surface area contributed by atoms with Gasteiger partial charge in [-0.15, -0.1) is 11.3 Å². The van der Waals surface area contributed by atoms with Crippen molar-refractivity contribution >= 4 is 33.8 Å². The Kier molecular flexibility index (Phi) is 4.16. The molecule has 1 atom stereocenters. The Morgan fingerprint density at radius 2 is 2.28 bits per heavy atom. The highest BCUT2D eigenvalue weighted by Gasteiger charge is 2.23. The van der Waals surface area contributed by atoms with E-state index >= 15 is 0 Å². The number of thiophene rings is 1. The van der Waals surface area contributed by atoms with Crippen molar-refractivity contribution in [3.63, 3.8) is 0 Å². The Bertz CT molecular complexity index is 1070. The highest BCUT2D eigenvalue weighted by molar-refractivity contribution is 7.71. The molecule has 0 amide bonds. The molecule has 4 rings (SSSR count). The van der Waals surface area contributed by atoms with Crippen LogP contribution in [0.5, 0.6) is 0 Å². The molecule has 0 aromatic carbocycles. The van der Waals surface area contributed by atoms with Crippen molar-refractivity contribution in [3.8, 4) is 0 Å². The van der Waals surface area contributed by atoms with E-state index in [4.69, 9.17) is 12.2 Å². The molecule has 25 heavy (non-hydrogen) atoms. The normalized spacial score (nSPS) is 17.2. The van der Waals surface area contributed by atoms with Gasteiger partial charge in [-0.05, 0) is 56.8 Å². The van der Waals surface area contributed by atoms with Crippen molar-refractivity contribution in [1.82, 2.24) is 19.3 Å². The van der Waals surface area contributed by atoms with Crippen molar-refractivity contribution in [2.45, 2.75) is 53.1 Å². The Morgan fingerprint density at radius 1 is 1.48 bits per heavy atom. The summed E-state index contributed by atoms with van der Waals surface area (Å²) in [5.74, 6) is 0.688. The fourth-order valence-corrected chi connectivity index (χ4v) is 5.36. The maximum Gasteiger partial charge on any atom is 0.263 e. The molecular weight excluding hydrogens is 352 g/mol. The standard InChI is InChI=1S/C18H22N4OS2/c1-4-21-8-12(11(3)20-21)9-22-17(23)15-13-6-5-10(2)7-14(13)25-16(15)19-18(22)24/h8,10H,4-7,9H2,1-3H3,(H,19,24)/t10-/m1/s1. The average molecular weight is 375 g/mol. The van der Waals surface area contributed by atoms with Crippen LogP contribution in [0.4, 0.5) is 0 Å². The van der Waals surface area contributed by atoms with E-state index in [0.717, 1.165) is 47.3 Å². The Hall–Kier alpha value is -1.73. The van der Waals surface area contributed by atoms with Crippen molar-refractivity contribution in [1.29, 1.82) is 0 Å². The lowest BCUT2D eigenvalue weighted by Gasteiger charge is -2.17. The summed E-state index contributed by atoms with van der Waals surface area (Å²) >= 11 is 7.20. The molecule has 0 aliphatic heterocycles. The van der Waals surface area contributed by atoms with E-state index in [-0.39, 0.29) is 5.56 Å². The van der Waals surface area contributed by atoms with Gasteiger partial charge in [0.2, 0.25) is 0 Å². The van der Waals surface area contributed by atoms with Crippen LogP contribution in [0.3, 0.4) is 0 Å². The molecule has 0 unspecified atom stereocenters. The minimum atomic E-state index is 0.0365. The number of hydrogen-bond donors (Lipinski definition) is 1. The summed E-state index contributed by atoms with van der Waals surface area (Å²) in [4.78, 5) is 18.8. The molecule has 7 heteroatoms. The zero-order valence-corrected chi connectivity index (χ0v) is 16.4. The third-order valence-electron chi connectivity index (χ3n) is 5.14. The van der Waals surface area contributed by atoms with E-state index in [9.17, 15) is 4.79 Å². The number of hydrogen-bond acceptors (Lipinski definition) is 4. The summed E-state index contributed by atoms with van der Waals surface area (Å²) in [5, 5.41) is 5.32. The molecular formula is C18H22N4OS2. The van der Waals surface area contributed by atoms with E-state index in [0.29, 0.717) is 17.2 Å². The monoisotopic (exact) mass is 374 g/mol.